The molecule has 0 saturated carbocycles. The van der Waals surface area contributed by atoms with Gasteiger partial charge in [-0.3, -0.25) is 9.59 Å². The zero-order chi connectivity index (χ0) is 32.9. The summed E-state index contributed by atoms with van der Waals surface area (Å²) in [4.78, 5) is 21.9. The average molecular weight is 674 g/mol. The third kappa shape index (κ3) is 16.2. The molecule has 10 atom stereocenters. The molecule has 2 aliphatic rings. The Bertz CT molecular complexity index is 743. The van der Waals surface area contributed by atoms with Crippen LogP contribution in [0.25, 0.3) is 0 Å². The summed E-state index contributed by atoms with van der Waals surface area (Å²) in [6, 6.07) is -2.03. The van der Waals surface area contributed by atoms with E-state index in [1.54, 1.807) is 0 Å². The van der Waals surface area contributed by atoms with Gasteiger partial charge in [-0.15, -0.1) is 23.2 Å². The Hall–Kier alpha value is -1.00. The van der Waals surface area contributed by atoms with Gasteiger partial charge in [0.2, 0.25) is 11.8 Å². The Morgan fingerprint density at radius 1 is 0.674 bits per heavy atom. The van der Waals surface area contributed by atoms with E-state index in [1.807, 2.05) is 0 Å². The van der Waals surface area contributed by atoms with E-state index < -0.39 is 86.3 Å². The van der Waals surface area contributed by atoms with Gasteiger partial charge in [-0.2, -0.15) is 0 Å². The molecule has 0 aliphatic carbocycles. The van der Waals surface area contributed by atoms with Gasteiger partial charge in [0, 0.05) is 25.6 Å². The van der Waals surface area contributed by atoms with E-state index >= 15 is 0 Å². The van der Waals surface area contributed by atoms with Crippen molar-refractivity contribution in [2.24, 2.45) is 0 Å². The first kappa shape index (κ1) is 42.0. The summed E-state index contributed by atoms with van der Waals surface area (Å²) < 4.78 is 25.5. The van der Waals surface area contributed by atoms with Gasteiger partial charge in [0.25, 0.3) is 0 Å². The van der Waals surface area contributed by atoms with Gasteiger partial charge in [-0.25, -0.2) is 0 Å². The van der Waals surface area contributed by atoms with Crippen molar-refractivity contribution in [3.8, 4) is 0 Å². The largest absolute Gasteiger partial charge is 0.394 e. The summed E-state index contributed by atoms with van der Waals surface area (Å²) in [5, 5.41) is 78.9. The predicted molar refractivity (Wildman–Crippen MR) is 149 cm³/mol. The van der Waals surface area contributed by atoms with Gasteiger partial charge in [-0.1, -0.05) is 0 Å². The molecule has 2 fully saturated rings. The van der Waals surface area contributed by atoms with Crippen LogP contribution < -0.4 is 10.6 Å². The first-order valence-electron chi connectivity index (χ1n) is 13.4. The Morgan fingerprint density at radius 3 is 1.60 bits per heavy atom. The summed E-state index contributed by atoms with van der Waals surface area (Å²) in [5.41, 5.74) is 0. The highest BCUT2D eigenvalue weighted by molar-refractivity contribution is 6.18. The fourth-order valence-electron chi connectivity index (χ4n) is 3.70. The maximum absolute atomic E-state index is 11.2. The quantitative estimate of drug-likeness (QED) is 0.0614. The molecular weight excluding hydrogens is 627 g/mol. The van der Waals surface area contributed by atoms with E-state index in [2.05, 4.69) is 10.6 Å². The van der Waals surface area contributed by atoms with E-state index in [0.29, 0.717) is 31.6 Å². The molecule has 2 rings (SSSR count). The van der Waals surface area contributed by atoms with E-state index in [0.717, 1.165) is 0 Å². The van der Waals surface area contributed by atoms with Crippen LogP contribution in [0.2, 0.25) is 0 Å². The number of halogens is 2. The van der Waals surface area contributed by atoms with Crippen molar-refractivity contribution < 1.29 is 74.1 Å². The number of hydrogen-bond donors (Lipinski definition) is 10. The zero-order valence-corrected chi connectivity index (χ0v) is 25.5. The molecule has 2 aliphatic heterocycles. The Morgan fingerprint density at radius 2 is 1.14 bits per heavy atom. The number of ether oxygens (including phenoxy) is 5. The summed E-state index contributed by atoms with van der Waals surface area (Å²) >= 11 is 10.7. The standard InChI is InChI=1S/C12H22ClNO7.C8H15NO6.C4H9ClO2/c1-7(16)14-9-11(18)10(17)8(6-15)21-12(9)20-5-4-19-3-2-13;1-3(11)9-5-7(13)6(12)4(2-10)15-8(5)14;5-1-3-7-4-2-6/h8-12,15,17-18H,2-6H2,1H3,(H,14,16);4-8,10,12-14H,2H2,1H3,(H,9,11);6H,1-4H2. The number of alkyl halides is 2. The zero-order valence-electron chi connectivity index (χ0n) is 24.0. The number of aliphatic hydroxyl groups excluding tert-OH is 8. The second-order valence-corrected chi connectivity index (χ2v) is 9.84. The summed E-state index contributed by atoms with van der Waals surface area (Å²) in [6.45, 7) is 3.29. The van der Waals surface area contributed by atoms with Crippen LogP contribution >= 0.6 is 23.2 Å². The van der Waals surface area contributed by atoms with Gasteiger partial charge in [0.1, 0.15) is 48.7 Å². The molecule has 0 bridgehead atoms. The lowest BCUT2D eigenvalue weighted by Crippen LogP contribution is -2.64. The third-order valence-corrected chi connectivity index (χ3v) is 6.02. The van der Waals surface area contributed by atoms with Crippen LogP contribution in [-0.4, -0.2) is 179 Å². The number of amides is 2. The van der Waals surface area contributed by atoms with Crippen molar-refractivity contribution in [2.45, 2.75) is 75.1 Å². The molecule has 10 unspecified atom stereocenters. The van der Waals surface area contributed by atoms with Crippen LogP contribution in [0.1, 0.15) is 13.8 Å². The molecule has 10 N–H and O–H groups in total. The van der Waals surface area contributed by atoms with Crippen molar-refractivity contribution in [2.75, 3.05) is 64.6 Å². The number of carbonyl (C=O) groups excluding carboxylic acids is 2. The van der Waals surface area contributed by atoms with Crippen LogP contribution in [0.5, 0.6) is 0 Å². The first-order chi connectivity index (χ1) is 20.4. The molecule has 2 heterocycles. The van der Waals surface area contributed by atoms with Gasteiger partial charge >= 0.3 is 0 Å². The Labute approximate surface area is 259 Å². The van der Waals surface area contributed by atoms with E-state index in [-0.39, 0.29) is 19.8 Å². The molecule has 19 heteroatoms. The summed E-state index contributed by atoms with van der Waals surface area (Å²) in [6.07, 6.45) is -9.86. The molecular formula is C24H46Cl2N2O15. The van der Waals surface area contributed by atoms with Crippen LogP contribution in [0, 0.1) is 0 Å². The minimum atomic E-state index is -1.45. The summed E-state index contributed by atoms with van der Waals surface area (Å²) in [7, 11) is 0. The van der Waals surface area contributed by atoms with Crippen LogP contribution in [-0.2, 0) is 33.3 Å². The highest BCUT2D eigenvalue weighted by Gasteiger charge is 2.45. The van der Waals surface area contributed by atoms with E-state index in [9.17, 15) is 35.1 Å². The lowest BCUT2D eigenvalue weighted by Gasteiger charge is -2.42. The molecule has 0 aromatic heterocycles. The minimum absolute atomic E-state index is 0.0802. The number of aliphatic hydroxyl groups is 8. The summed E-state index contributed by atoms with van der Waals surface area (Å²) in [5.74, 6) is 0.00648. The van der Waals surface area contributed by atoms with Gasteiger partial charge < -0.3 is 75.2 Å². The fourth-order valence-corrected chi connectivity index (χ4v) is 3.92. The predicted octanol–water partition coefficient (Wildman–Crippen LogP) is -4.64. The molecule has 0 radical (unpaired) electrons. The molecule has 17 nitrogen and oxygen atoms in total. The minimum Gasteiger partial charge on any atom is -0.394 e. The van der Waals surface area contributed by atoms with Crippen molar-refractivity contribution in [1.29, 1.82) is 0 Å². The smallest absolute Gasteiger partial charge is 0.217 e. The molecule has 2 saturated heterocycles. The topological polar surface area (TPSA) is 266 Å². The molecule has 0 spiro atoms. The van der Waals surface area contributed by atoms with Crippen molar-refractivity contribution in [3.05, 3.63) is 0 Å². The van der Waals surface area contributed by atoms with Gasteiger partial charge in [0.15, 0.2) is 12.6 Å². The molecule has 0 aromatic rings. The highest BCUT2D eigenvalue weighted by atomic mass is 35.5. The SMILES string of the molecule is CC(=O)NC1C(O)OC(CO)C(O)C1O.CC(=O)NC1C(OCCOCCCl)OC(CO)C(O)C1O.OCCOCCCl. The van der Waals surface area contributed by atoms with Crippen molar-refractivity contribution >= 4 is 35.0 Å². The Balaban J connectivity index is 0.000000696. The molecule has 256 valence electrons. The monoisotopic (exact) mass is 672 g/mol. The van der Waals surface area contributed by atoms with Crippen molar-refractivity contribution in [1.82, 2.24) is 10.6 Å². The average Bonchev–Trinajstić information content (AvgIpc) is 2.97. The normalized spacial score (nSPS) is 32.0. The van der Waals surface area contributed by atoms with Crippen LogP contribution in [0.15, 0.2) is 0 Å². The number of nitrogens with one attached hydrogen (secondary N) is 2. The van der Waals surface area contributed by atoms with E-state index in [1.165, 1.54) is 13.8 Å². The molecule has 43 heavy (non-hydrogen) atoms. The maximum Gasteiger partial charge on any atom is 0.217 e. The van der Waals surface area contributed by atoms with Gasteiger partial charge in [0.05, 0.1) is 52.9 Å². The Kier molecular flexibility index (Phi) is 23.7. The lowest BCUT2D eigenvalue weighted by molar-refractivity contribution is -0.271. The van der Waals surface area contributed by atoms with E-state index in [4.69, 9.17) is 62.2 Å². The van der Waals surface area contributed by atoms with Crippen molar-refractivity contribution in [3.63, 3.8) is 0 Å². The molecule has 2 amide bonds. The first-order valence-corrected chi connectivity index (χ1v) is 14.4. The second-order valence-electron chi connectivity index (χ2n) is 9.09. The lowest BCUT2D eigenvalue weighted by atomic mass is 9.97. The number of hydrogen-bond acceptors (Lipinski definition) is 15. The van der Waals surface area contributed by atoms with Gasteiger partial charge in [-0.05, 0) is 0 Å². The molecule has 0 aromatic carbocycles. The second kappa shape index (κ2) is 24.3. The number of rotatable bonds is 14. The third-order valence-electron chi connectivity index (χ3n) is 5.71. The number of carbonyl (C=O) groups is 2. The maximum atomic E-state index is 11.2. The highest BCUT2D eigenvalue weighted by Crippen LogP contribution is 2.22. The van der Waals surface area contributed by atoms with Crippen LogP contribution in [0.3, 0.4) is 0 Å². The fraction of sp³-hybridized carbons (Fsp3) is 0.917. The van der Waals surface area contributed by atoms with Crippen LogP contribution in [0.4, 0.5) is 0 Å².